The molecule has 4 aliphatic rings. The molecular weight excluding hydrogens is 933 g/mol. The lowest BCUT2D eigenvalue weighted by Gasteiger charge is -2.15. The molecule has 0 amide bonds. The quantitative estimate of drug-likeness (QED) is 0.148. The van der Waals surface area contributed by atoms with Crippen LogP contribution in [0.4, 0.5) is 0 Å². The van der Waals surface area contributed by atoms with Crippen molar-refractivity contribution >= 4 is 22.5 Å². The summed E-state index contributed by atoms with van der Waals surface area (Å²) >= 11 is 0. The highest BCUT2D eigenvalue weighted by Gasteiger charge is 2.19. The average Bonchev–Trinajstić information content (AvgIpc) is 3.95. The molecule has 6 aromatic rings. The van der Waals surface area contributed by atoms with Gasteiger partial charge in [-0.05, 0) is 100 Å². The van der Waals surface area contributed by atoms with E-state index in [-0.39, 0.29) is 23.6 Å². The average molecular weight is 1030 g/mol. The molecule has 0 unspecified atom stereocenters. The molecule has 8 nitrogen and oxygen atoms in total. The van der Waals surface area contributed by atoms with Gasteiger partial charge in [0.05, 0.1) is 42.6 Å². The number of Topliss-reactive ketones (excluding diaryl/α,β-unsaturated/α-hetero) is 2. The summed E-state index contributed by atoms with van der Waals surface area (Å²) in [5, 5.41) is 0.634. The number of ketones is 2. The van der Waals surface area contributed by atoms with Gasteiger partial charge in [-0.25, -0.2) is 0 Å². The second kappa shape index (κ2) is 33.7. The lowest BCUT2D eigenvalue weighted by molar-refractivity contribution is 0.0931. The number of hydrogen-bond acceptors (Lipinski definition) is 8. The van der Waals surface area contributed by atoms with Crippen LogP contribution in [0.15, 0.2) is 143 Å². The molecule has 0 saturated carbocycles. The fourth-order valence-corrected chi connectivity index (χ4v) is 5.71. The molecule has 0 bridgehead atoms. The number of ether oxygens (including phenoxy) is 4. The molecule has 0 fully saturated rings. The molecule has 4 aliphatic heterocycles. The molecular formula is C67H96O8. The fraction of sp³-hybridized carbons (Fsp3) is 0.478. The maximum Gasteiger partial charge on any atom is 0.203 e. The Morgan fingerprint density at radius 2 is 0.747 bits per heavy atom. The molecule has 75 heavy (non-hydrogen) atoms. The van der Waals surface area contributed by atoms with E-state index >= 15 is 0 Å². The minimum Gasteiger partial charge on any atom is -0.493 e. The van der Waals surface area contributed by atoms with Crippen LogP contribution >= 0.6 is 0 Å². The number of carbonyl (C=O) groups excluding carboxylic acids is 2. The summed E-state index contributed by atoms with van der Waals surface area (Å²) in [6, 6.07) is 39.7. The first kappa shape index (κ1) is 66.9. The normalized spacial score (nSPS) is 13.2. The van der Waals surface area contributed by atoms with Crippen LogP contribution < -0.4 is 24.4 Å². The van der Waals surface area contributed by atoms with Gasteiger partial charge in [0.25, 0.3) is 0 Å². The molecule has 0 saturated heterocycles. The van der Waals surface area contributed by atoms with Crippen molar-refractivity contribution in [3.63, 3.8) is 0 Å². The molecule has 5 aromatic carbocycles. The molecule has 8 heteroatoms. The summed E-state index contributed by atoms with van der Waals surface area (Å²) in [5.74, 6) is 4.69. The van der Waals surface area contributed by atoms with Gasteiger partial charge in [-0.15, -0.1) is 0 Å². The molecule has 10 rings (SSSR count). The first-order valence-corrected chi connectivity index (χ1v) is 26.7. The first-order chi connectivity index (χ1) is 34.8. The molecule has 0 aliphatic carbocycles. The number of rotatable bonds is 0. The minimum absolute atomic E-state index is 0.00634. The van der Waals surface area contributed by atoms with Crippen molar-refractivity contribution in [2.45, 2.75) is 157 Å². The van der Waals surface area contributed by atoms with Gasteiger partial charge in [0.1, 0.15) is 28.6 Å². The van der Waals surface area contributed by atoms with Crippen LogP contribution in [0.25, 0.3) is 11.0 Å². The second-order valence-electron chi connectivity index (χ2n) is 25.5. The van der Waals surface area contributed by atoms with Crippen LogP contribution in [0.2, 0.25) is 0 Å². The SMILES string of the molecule is CC(C)(C)C.CC(C)(C)C.CC(C)(C)C.CC(C)(C)C.CC(C)C.O=C1CCOc2ccccc21.O=C1COc2ccccc21.O=c1ccoc2ccccc12.c1ccc2c(c1)CCCO2.c1ccc2c(c1)CCO2. The number of benzene rings is 5. The number of carbonyl (C=O) groups is 2. The van der Waals surface area contributed by atoms with Crippen LogP contribution in [0.3, 0.4) is 0 Å². The number of fused-ring (bicyclic) bond motifs is 5. The molecule has 412 valence electrons. The zero-order chi connectivity index (χ0) is 56.8. The minimum atomic E-state index is 0.00634. The Hall–Kier alpha value is -6.15. The third-order valence-electron chi connectivity index (χ3n) is 8.31. The largest absolute Gasteiger partial charge is 0.493 e. The third kappa shape index (κ3) is 35.6. The van der Waals surface area contributed by atoms with Crippen molar-refractivity contribution in [3.8, 4) is 23.0 Å². The Kier molecular flexibility index (Phi) is 30.0. The summed E-state index contributed by atoms with van der Waals surface area (Å²) in [7, 11) is 0. The fourth-order valence-electron chi connectivity index (χ4n) is 5.71. The van der Waals surface area contributed by atoms with Gasteiger partial charge in [0.15, 0.2) is 17.8 Å². The lowest BCUT2D eigenvalue weighted by Crippen LogP contribution is -2.14. The zero-order valence-electron chi connectivity index (χ0n) is 49.7. The van der Waals surface area contributed by atoms with Crippen LogP contribution in [0, 0.1) is 27.6 Å². The van der Waals surface area contributed by atoms with Crippen LogP contribution in [0.1, 0.15) is 176 Å². The lowest BCUT2D eigenvalue weighted by atomic mass is 10.0. The van der Waals surface area contributed by atoms with Gasteiger partial charge < -0.3 is 23.4 Å². The van der Waals surface area contributed by atoms with E-state index in [4.69, 9.17) is 23.4 Å². The topological polar surface area (TPSA) is 101 Å². The molecule has 0 atom stereocenters. The van der Waals surface area contributed by atoms with E-state index in [0.29, 0.717) is 57.0 Å². The highest BCUT2D eigenvalue weighted by molar-refractivity contribution is 6.02. The van der Waals surface area contributed by atoms with Crippen molar-refractivity contribution < 1.29 is 33.0 Å². The highest BCUT2D eigenvalue weighted by atomic mass is 16.5. The molecule has 0 spiro atoms. The summed E-state index contributed by atoms with van der Waals surface area (Å²) in [5.41, 5.74) is 6.78. The Morgan fingerprint density at radius 3 is 1.19 bits per heavy atom. The highest BCUT2D eigenvalue weighted by Crippen LogP contribution is 2.26. The van der Waals surface area contributed by atoms with E-state index in [0.717, 1.165) is 54.8 Å². The predicted molar refractivity (Wildman–Crippen MR) is 317 cm³/mol. The number of hydrogen-bond donors (Lipinski definition) is 0. The van der Waals surface area contributed by atoms with Gasteiger partial charge >= 0.3 is 0 Å². The molecule has 0 radical (unpaired) electrons. The van der Waals surface area contributed by atoms with Gasteiger partial charge in [0.2, 0.25) is 5.78 Å². The van der Waals surface area contributed by atoms with Gasteiger partial charge in [-0.3, -0.25) is 14.4 Å². The second-order valence-corrected chi connectivity index (χ2v) is 25.5. The number of aryl methyl sites for hydroxylation is 1. The molecule has 0 N–H and O–H groups in total. The van der Waals surface area contributed by atoms with Crippen molar-refractivity contribution in [1.82, 2.24) is 0 Å². The van der Waals surface area contributed by atoms with E-state index in [1.165, 1.54) is 29.9 Å². The van der Waals surface area contributed by atoms with E-state index in [9.17, 15) is 14.4 Å². The summed E-state index contributed by atoms with van der Waals surface area (Å²) < 4.78 is 26.1. The third-order valence-corrected chi connectivity index (χ3v) is 8.31. The number of para-hydroxylation sites is 5. The molecule has 5 heterocycles. The van der Waals surface area contributed by atoms with E-state index in [2.05, 4.69) is 150 Å². The van der Waals surface area contributed by atoms with Gasteiger partial charge in [0, 0.05) is 18.9 Å². The summed E-state index contributed by atoms with van der Waals surface area (Å²) in [6.45, 7) is 44.0. The van der Waals surface area contributed by atoms with Crippen LogP contribution in [0.5, 0.6) is 23.0 Å². The van der Waals surface area contributed by atoms with E-state index in [1.54, 1.807) is 30.3 Å². The molecule has 1 aromatic heterocycles. The van der Waals surface area contributed by atoms with Gasteiger partial charge in [-0.1, -0.05) is 204 Å². The Balaban J connectivity index is 0.000000426. The standard InChI is InChI=1S/C9H8O2.C9H6O2.C9H10O.C8H6O2.C8H8O.4C5H12.C4H10/c2*10-8-5-6-11-9-4-2-1-3-7(8)9;1-2-6-9-8(4-1)5-3-7-10-9;9-7-5-10-8-4-2-1-3-6(7)8;1-2-4-8-7(3-1)5-6-9-8;4*1-5(2,3)4;1-4(2)3/h1-4H,5-6H2;1-6H;1-2,4,6H,3,5,7H2;1-4H,5H2;1-4H,5-6H2;4*1-4H3;4H,1-3H3. The monoisotopic (exact) mass is 1030 g/mol. The maximum atomic E-state index is 11.2. The maximum absolute atomic E-state index is 11.2. The van der Waals surface area contributed by atoms with Crippen molar-refractivity contribution in [2.75, 3.05) is 26.4 Å². The predicted octanol–water partition coefficient (Wildman–Crippen LogP) is 18.2. The smallest absolute Gasteiger partial charge is 0.203 e. The summed E-state index contributed by atoms with van der Waals surface area (Å²) in [6.07, 6.45) is 5.34. The Bertz CT molecular complexity index is 2460. The Morgan fingerprint density at radius 1 is 0.387 bits per heavy atom. The van der Waals surface area contributed by atoms with Crippen LogP contribution in [-0.2, 0) is 12.8 Å². The van der Waals surface area contributed by atoms with Crippen molar-refractivity contribution in [3.05, 3.63) is 166 Å². The Labute approximate surface area is 454 Å². The first-order valence-electron chi connectivity index (χ1n) is 26.7. The van der Waals surface area contributed by atoms with E-state index in [1.807, 2.05) is 72.8 Å². The van der Waals surface area contributed by atoms with Crippen molar-refractivity contribution in [1.29, 1.82) is 0 Å². The van der Waals surface area contributed by atoms with Crippen molar-refractivity contribution in [2.24, 2.45) is 27.6 Å². The van der Waals surface area contributed by atoms with Crippen LogP contribution in [-0.4, -0.2) is 38.0 Å². The van der Waals surface area contributed by atoms with E-state index < -0.39 is 0 Å². The summed E-state index contributed by atoms with van der Waals surface area (Å²) in [4.78, 5) is 33.3. The van der Waals surface area contributed by atoms with Gasteiger partial charge in [-0.2, -0.15) is 0 Å². The zero-order valence-corrected chi connectivity index (χ0v) is 49.7.